The Kier molecular flexibility index (Phi) is 21.8. The van der Waals surface area contributed by atoms with Crippen molar-refractivity contribution in [3.8, 4) is 0 Å². The predicted molar refractivity (Wildman–Crippen MR) is 221 cm³/mol. The summed E-state index contributed by atoms with van der Waals surface area (Å²) in [6.07, 6.45) is 0.486. The molecule has 0 saturated carbocycles. The van der Waals surface area contributed by atoms with Gasteiger partial charge in [0.1, 0.15) is 19.5 Å². The Balaban J connectivity index is 1.47. The van der Waals surface area contributed by atoms with E-state index in [1.807, 2.05) is 0 Å². The summed E-state index contributed by atoms with van der Waals surface area (Å²) < 4.78 is 82.6. The zero-order valence-electron chi connectivity index (χ0n) is 30.5. The van der Waals surface area contributed by atoms with Crippen molar-refractivity contribution in [3.63, 3.8) is 0 Å². The molecule has 3 aliphatic rings. The second-order valence-corrected chi connectivity index (χ2v) is 45.9. The van der Waals surface area contributed by atoms with Crippen LogP contribution in [0.25, 0.3) is 0 Å². The normalized spacial score (nSPS) is 41.1. The highest BCUT2D eigenvalue weighted by atomic mass is 28.5. The summed E-state index contributed by atoms with van der Waals surface area (Å²) in [4.78, 5) is 0. The third-order valence-electron chi connectivity index (χ3n) is 8.02. The van der Waals surface area contributed by atoms with Crippen LogP contribution in [0.2, 0.25) is 101 Å². The summed E-state index contributed by atoms with van der Waals surface area (Å²) in [6, 6.07) is 7.95. The van der Waals surface area contributed by atoms with Gasteiger partial charge in [0.25, 0.3) is 56.4 Å². The smallest absolute Gasteiger partial charge is 0.316 e. The quantitative estimate of drug-likeness (QED) is 0.144. The molecular formula is C20H64O13Si14. The summed E-state index contributed by atoms with van der Waals surface area (Å²) in [6.45, 7) is 21.6. The molecule has 0 N–H and O–H groups in total. The molecular weight excluding hydrogens is 841 g/mol. The monoisotopic (exact) mass is 904 g/mol. The van der Waals surface area contributed by atoms with E-state index in [4.69, 9.17) is 54.1 Å². The molecule has 11 unspecified atom stereocenters. The molecule has 3 heterocycles. The van der Waals surface area contributed by atoms with E-state index in [-0.39, 0.29) is 12.2 Å². The highest BCUT2D eigenvalue weighted by Gasteiger charge is 2.40. The lowest BCUT2D eigenvalue weighted by atomic mass is 10.5. The Morgan fingerprint density at radius 2 is 1.15 bits per heavy atom. The van der Waals surface area contributed by atoms with Crippen molar-refractivity contribution in [1.29, 1.82) is 0 Å². The highest BCUT2D eigenvalue weighted by Crippen LogP contribution is 2.24. The van der Waals surface area contributed by atoms with Gasteiger partial charge < -0.3 is 54.1 Å². The van der Waals surface area contributed by atoms with Crippen LogP contribution in [0.3, 0.4) is 0 Å². The molecule has 3 rings (SSSR count). The lowest BCUT2D eigenvalue weighted by Crippen LogP contribution is -2.53. The van der Waals surface area contributed by atoms with Crippen molar-refractivity contribution in [2.75, 3.05) is 0 Å². The molecule has 0 bridgehead atoms. The van der Waals surface area contributed by atoms with Gasteiger partial charge in [-0.1, -0.05) is 0 Å². The summed E-state index contributed by atoms with van der Waals surface area (Å²) in [7, 11) is -21.1. The lowest BCUT2D eigenvalue weighted by molar-refractivity contribution is 0.184. The maximum Gasteiger partial charge on any atom is 0.316 e. The summed E-state index contributed by atoms with van der Waals surface area (Å²) >= 11 is 0. The van der Waals surface area contributed by atoms with Crippen LogP contribution in [0.5, 0.6) is 0 Å². The van der Waals surface area contributed by atoms with E-state index in [9.17, 15) is 0 Å². The van der Waals surface area contributed by atoms with Gasteiger partial charge in [-0.2, -0.15) is 0 Å². The first-order valence-electron chi connectivity index (χ1n) is 17.7. The van der Waals surface area contributed by atoms with Crippen LogP contribution in [0.15, 0.2) is 0 Å². The second kappa shape index (κ2) is 23.3. The topological polar surface area (TPSA) is 120 Å². The van der Waals surface area contributed by atoms with Crippen molar-refractivity contribution < 1.29 is 54.1 Å². The Hall–Kier alpha value is 2.52. The van der Waals surface area contributed by atoms with E-state index in [1.165, 1.54) is 0 Å². The summed E-state index contributed by atoms with van der Waals surface area (Å²) in [5.41, 5.74) is 0. The van der Waals surface area contributed by atoms with Crippen LogP contribution >= 0.6 is 0 Å². The molecule has 3 saturated heterocycles. The second-order valence-electron chi connectivity index (χ2n) is 13.2. The molecule has 0 aromatic carbocycles. The van der Waals surface area contributed by atoms with Crippen molar-refractivity contribution in [2.24, 2.45) is 0 Å². The fourth-order valence-electron chi connectivity index (χ4n) is 6.23. The molecule has 278 valence electrons. The van der Waals surface area contributed by atoms with Crippen molar-refractivity contribution in [1.82, 2.24) is 0 Å². The van der Waals surface area contributed by atoms with Gasteiger partial charge in [-0.05, 0) is 115 Å². The molecule has 27 heteroatoms. The Bertz CT molecular complexity index is 827. The number of hydrogen-bond acceptors (Lipinski definition) is 13. The SMILES string of the molecule is CC1C[SiH](C)O[SiH](C)O[SiH](CC[SiH2]O[SiH2]O[SiH](CC[Si]2(C)O[SiH](C)O[SiH](C)O[SiH](C)O2)O[SiH2]CC[SiH]2OC(C)C[SiH](C)O[SiH](C)O2)O1. The van der Waals surface area contributed by atoms with Gasteiger partial charge in [0.05, 0.1) is 0 Å². The average Bonchev–Trinajstić information content (AvgIpc) is 2.92. The van der Waals surface area contributed by atoms with Crippen molar-refractivity contribution in [3.05, 3.63) is 0 Å². The molecule has 0 aromatic rings. The third-order valence-corrected chi connectivity index (χ3v) is 50.9. The predicted octanol–water partition coefficient (Wildman–Crippen LogP) is -1.28. The van der Waals surface area contributed by atoms with Crippen LogP contribution < -0.4 is 0 Å². The van der Waals surface area contributed by atoms with Crippen molar-refractivity contribution >= 4 is 130 Å². The fourth-order valence-corrected chi connectivity index (χ4v) is 51.5. The van der Waals surface area contributed by atoms with Crippen LogP contribution in [0, 0.1) is 0 Å². The molecule has 0 spiro atoms. The first-order valence-corrected chi connectivity index (χ1v) is 45.2. The molecule has 3 fully saturated rings. The highest BCUT2D eigenvalue weighted by molar-refractivity contribution is 6.81. The van der Waals surface area contributed by atoms with E-state index in [0.717, 1.165) is 48.4 Å². The van der Waals surface area contributed by atoms with Crippen LogP contribution in [-0.4, -0.2) is 143 Å². The van der Waals surface area contributed by atoms with Crippen molar-refractivity contribution in [2.45, 2.75) is 127 Å². The van der Waals surface area contributed by atoms with Gasteiger partial charge in [0, 0.05) is 12.2 Å². The van der Waals surface area contributed by atoms with E-state index in [0.29, 0.717) is 0 Å². The minimum atomic E-state index is -2.44. The standard InChI is InChI=1S/C20H64O13Si14/c1-19-17-37(3)26-39(5)30-44(21-19)13-11-34-23-36-25-46(15-16-47(10)32-42(8)28-41(7)29-43(9)33-47)24-35-12-14-45-22-20(2)18-38(4)27-40(6)31-45/h19-20,37-46H,11-18,34-36H2,1-10H3. The molecule has 11 atom stereocenters. The van der Waals surface area contributed by atoms with E-state index in [2.05, 4.69) is 66.2 Å². The summed E-state index contributed by atoms with van der Waals surface area (Å²) in [5, 5.41) is 0. The van der Waals surface area contributed by atoms with Gasteiger partial charge in [0.15, 0.2) is 18.1 Å². The number of rotatable bonds is 15. The Morgan fingerprint density at radius 3 is 1.68 bits per heavy atom. The van der Waals surface area contributed by atoms with Gasteiger partial charge in [-0.3, -0.25) is 0 Å². The third kappa shape index (κ3) is 18.9. The van der Waals surface area contributed by atoms with E-state index >= 15 is 0 Å². The first kappa shape index (κ1) is 43.9. The minimum Gasteiger partial charge on any atom is -0.446 e. The van der Waals surface area contributed by atoms with Gasteiger partial charge in [0.2, 0.25) is 0 Å². The maximum atomic E-state index is 6.65. The lowest BCUT2D eigenvalue weighted by Gasteiger charge is -2.37. The Labute approximate surface area is 309 Å². The van der Waals surface area contributed by atoms with Gasteiger partial charge in [-0.25, -0.2) is 0 Å². The van der Waals surface area contributed by atoms with E-state index in [1.54, 1.807) is 0 Å². The molecule has 0 aliphatic carbocycles. The first-order chi connectivity index (χ1) is 22.3. The van der Waals surface area contributed by atoms with Crippen LogP contribution in [0.4, 0.5) is 0 Å². The molecule has 0 amide bonds. The maximum absolute atomic E-state index is 6.65. The molecule has 13 nitrogen and oxygen atoms in total. The summed E-state index contributed by atoms with van der Waals surface area (Å²) in [5.74, 6) is 0. The van der Waals surface area contributed by atoms with E-state index < -0.39 is 130 Å². The zero-order valence-corrected chi connectivity index (χ0v) is 47.3. The number of hydrogen-bond donors (Lipinski definition) is 0. The molecule has 47 heavy (non-hydrogen) atoms. The largest absolute Gasteiger partial charge is 0.446 e. The molecule has 3 aliphatic heterocycles. The van der Waals surface area contributed by atoms with Crippen LogP contribution in [-0.2, 0) is 54.1 Å². The molecule has 0 aromatic heterocycles. The zero-order chi connectivity index (χ0) is 34.4. The van der Waals surface area contributed by atoms with Gasteiger partial charge >= 0.3 is 36.4 Å². The Morgan fingerprint density at radius 1 is 0.660 bits per heavy atom. The average molecular weight is 906 g/mol. The van der Waals surface area contributed by atoms with Crippen LogP contribution in [0.1, 0.15) is 13.8 Å². The molecule has 0 radical (unpaired) electrons. The minimum absolute atomic E-state index is 0.237. The fraction of sp³-hybridized carbons (Fsp3) is 1.00. The van der Waals surface area contributed by atoms with Gasteiger partial charge in [-0.15, -0.1) is 0 Å².